The molecule has 0 spiro atoms. The van der Waals surface area contributed by atoms with E-state index in [4.69, 9.17) is 4.74 Å². The summed E-state index contributed by atoms with van der Waals surface area (Å²) in [5.41, 5.74) is 4.00. The molecule has 0 radical (unpaired) electrons. The number of nitrogens with one attached hydrogen (secondary N) is 2. The predicted molar refractivity (Wildman–Crippen MR) is 127 cm³/mol. The first-order valence-corrected chi connectivity index (χ1v) is 11.3. The van der Waals surface area contributed by atoms with Gasteiger partial charge in [0.1, 0.15) is 17.3 Å². The largest absolute Gasteiger partial charge is 0.497 e. The van der Waals surface area contributed by atoms with Crippen molar-refractivity contribution in [3.63, 3.8) is 0 Å². The summed E-state index contributed by atoms with van der Waals surface area (Å²) in [4.78, 5) is 13.5. The summed E-state index contributed by atoms with van der Waals surface area (Å²) in [6.45, 7) is 0. The smallest absolute Gasteiger partial charge is 0.145 e. The summed E-state index contributed by atoms with van der Waals surface area (Å²) >= 11 is 3.45. The molecule has 1 heterocycles. The zero-order chi connectivity index (χ0) is 22.2. The number of para-hydroxylation sites is 2. The fourth-order valence-electron chi connectivity index (χ4n) is 4.58. The molecule has 0 aromatic heterocycles. The maximum absolute atomic E-state index is 14.9. The number of hydrogen-bond donors (Lipinski definition) is 2. The van der Waals surface area contributed by atoms with Crippen LogP contribution in [0.1, 0.15) is 29.5 Å². The van der Waals surface area contributed by atoms with Crippen LogP contribution in [-0.2, 0) is 4.79 Å². The Morgan fingerprint density at radius 1 is 1.03 bits per heavy atom. The number of ether oxygens (including phenoxy) is 1. The third kappa shape index (κ3) is 3.79. The van der Waals surface area contributed by atoms with Crippen molar-refractivity contribution in [1.29, 1.82) is 0 Å². The molecule has 2 N–H and O–H groups in total. The molecule has 0 unspecified atom stereocenters. The van der Waals surface area contributed by atoms with Gasteiger partial charge in [-0.05, 0) is 48.0 Å². The number of rotatable bonds is 3. The highest BCUT2D eigenvalue weighted by Gasteiger charge is 2.40. The zero-order valence-corrected chi connectivity index (χ0v) is 19.0. The number of allylic oxidation sites excluding steroid dienone is 1. The third-order valence-electron chi connectivity index (χ3n) is 6.17. The van der Waals surface area contributed by atoms with Crippen molar-refractivity contribution in [2.24, 2.45) is 5.92 Å². The Morgan fingerprint density at radius 2 is 1.78 bits per heavy atom. The minimum atomic E-state index is -0.529. The number of ketones is 1. The number of anilines is 2. The van der Waals surface area contributed by atoms with Crippen molar-refractivity contribution in [2.45, 2.75) is 18.4 Å². The maximum Gasteiger partial charge on any atom is 0.145 e. The molecule has 4 nitrogen and oxygen atoms in total. The molecule has 3 aromatic rings. The molecular formula is C26H22BrFN2O2. The summed E-state index contributed by atoms with van der Waals surface area (Å²) in [5.74, 6) is -0.0848. The second-order valence-corrected chi connectivity index (χ2v) is 9.02. The molecule has 32 heavy (non-hydrogen) atoms. The van der Waals surface area contributed by atoms with Crippen molar-refractivity contribution >= 4 is 33.1 Å². The van der Waals surface area contributed by atoms with Crippen molar-refractivity contribution < 1.29 is 13.9 Å². The summed E-state index contributed by atoms with van der Waals surface area (Å²) in [5, 5.41) is 6.91. The van der Waals surface area contributed by atoms with Crippen LogP contribution in [0, 0.1) is 11.7 Å². The van der Waals surface area contributed by atoms with Crippen LogP contribution >= 0.6 is 15.9 Å². The first kappa shape index (κ1) is 20.8. The monoisotopic (exact) mass is 492 g/mol. The normalized spacial score (nSPS) is 21.9. The second kappa shape index (κ2) is 8.43. The van der Waals surface area contributed by atoms with Crippen LogP contribution in [0.2, 0.25) is 0 Å². The van der Waals surface area contributed by atoms with Crippen LogP contribution in [0.15, 0.2) is 83.0 Å². The lowest BCUT2D eigenvalue weighted by atomic mass is 9.76. The molecule has 0 amide bonds. The van der Waals surface area contributed by atoms with Gasteiger partial charge in [0.2, 0.25) is 0 Å². The number of benzene rings is 3. The topological polar surface area (TPSA) is 50.4 Å². The van der Waals surface area contributed by atoms with Gasteiger partial charge in [-0.2, -0.15) is 0 Å². The first-order chi connectivity index (χ1) is 15.5. The molecular weight excluding hydrogens is 471 g/mol. The van der Waals surface area contributed by atoms with Gasteiger partial charge in [-0.15, -0.1) is 0 Å². The zero-order valence-electron chi connectivity index (χ0n) is 17.4. The van der Waals surface area contributed by atoms with E-state index >= 15 is 0 Å². The highest BCUT2D eigenvalue weighted by Crippen LogP contribution is 2.45. The summed E-state index contributed by atoms with van der Waals surface area (Å²) in [6, 6.07) is 19.9. The Hall–Kier alpha value is -3.12. The minimum Gasteiger partial charge on any atom is -0.497 e. The molecule has 3 aromatic carbocycles. The van der Waals surface area contributed by atoms with Crippen LogP contribution in [0.3, 0.4) is 0 Å². The van der Waals surface area contributed by atoms with Crippen LogP contribution in [0.4, 0.5) is 15.8 Å². The van der Waals surface area contributed by atoms with E-state index in [0.29, 0.717) is 12.0 Å². The van der Waals surface area contributed by atoms with E-state index in [1.165, 1.54) is 6.07 Å². The molecule has 1 aliphatic carbocycles. The quantitative estimate of drug-likeness (QED) is 0.442. The Labute approximate surface area is 194 Å². The number of carbonyl (C=O) groups excluding carboxylic acids is 1. The van der Waals surface area contributed by atoms with E-state index in [0.717, 1.165) is 32.9 Å². The van der Waals surface area contributed by atoms with Gasteiger partial charge >= 0.3 is 0 Å². The van der Waals surface area contributed by atoms with Crippen molar-refractivity contribution in [3.8, 4) is 5.75 Å². The standard InChI is InChI=1S/C26H22BrFN2O2/c1-32-18-9-6-15(7-10-18)16-12-23-25(24(31)13-16)26(19-14-17(27)8-11-20(19)28)30-22-5-3-2-4-21(22)29-23/h2-12,14,16,25-26,29-30H,13H2,1H3/t16-,25+,26+/m0/s1. The fourth-order valence-corrected chi connectivity index (χ4v) is 4.96. The van der Waals surface area contributed by atoms with E-state index in [1.807, 2.05) is 48.5 Å². The molecule has 6 heteroatoms. The Morgan fingerprint density at radius 3 is 2.53 bits per heavy atom. The van der Waals surface area contributed by atoms with Gasteiger partial charge in [0.15, 0.2) is 0 Å². The van der Waals surface area contributed by atoms with E-state index in [2.05, 4.69) is 32.6 Å². The number of fused-ring (bicyclic) bond motifs is 2. The third-order valence-corrected chi connectivity index (χ3v) is 6.66. The van der Waals surface area contributed by atoms with Gasteiger partial charge in [0.05, 0.1) is 30.4 Å². The number of halogens is 2. The average Bonchev–Trinajstić information content (AvgIpc) is 2.97. The molecule has 3 atom stereocenters. The van der Waals surface area contributed by atoms with Gasteiger partial charge in [-0.3, -0.25) is 4.79 Å². The minimum absolute atomic E-state index is 0.0644. The average molecular weight is 493 g/mol. The second-order valence-electron chi connectivity index (χ2n) is 8.11. The van der Waals surface area contributed by atoms with E-state index in [-0.39, 0.29) is 17.5 Å². The lowest BCUT2D eigenvalue weighted by Crippen LogP contribution is -2.34. The van der Waals surface area contributed by atoms with E-state index in [9.17, 15) is 9.18 Å². The SMILES string of the molecule is COc1ccc([C@H]2C=C3Nc4ccccc4N[C@H](c4cc(Br)ccc4F)[C@H]3C(=O)C2)cc1. The number of methoxy groups -OCH3 is 1. The van der Waals surface area contributed by atoms with Crippen LogP contribution in [-0.4, -0.2) is 12.9 Å². The number of hydrogen-bond acceptors (Lipinski definition) is 4. The fraction of sp³-hybridized carbons (Fsp3) is 0.192. The van der Waals surface area contributed by atoms with Gasteiger partial charge in [0.25, 0.3) is 0 Å². The van der Waals surface area contributed by atoms with Crippen LogP contribution < -0.4 is 15.4 Å². The summed E-state index contributed by atoms with van der Waals surface area (Å²) < 4.78 is 21.0. The highest BCUT2D eigenvalue weighted by molar-refractivity contribution is 9.10. The predicted octanol–water partition coefficient (Wildman–Crippen LogP) is 6.43. The molecule has 0 saturated carbocycles. The lowest BCUT2D eigenvalue weighted by Gasteiger charge is -2.32. The van der Waals surface area contributed by atoms with E-state index < -0.39 is 12.0 Å². The van der Waals surface area contributed by atoms with Crippen molar-refractivity contribution in [1.82, 2.24) is 0 Å². The number of carbonyl (C=O) groups is 1. The maximum atomic E-state index is 14.9. The molecule has 0 fully saturated rings. The van der Waals surface area contributed by atoms with Gasteiger partial charge in [-0.25, -0.2) is 4.39 Å². The lowest BCUT2D eigenvalue weighted by molar-refractivity contribution is -0.122. The highest BCUT2D eigenvalue weighted by atomic mass is 79.9. The van der Waals surface area contributed by atoms with Crippen LogP contribution in [0.25, 0.3) is 0 Å². The van der Waals surface area contributed by atoms with Crippen molar-refractivity contribution in [2.75, 3.05) is 17.7 Å². The molecule has 0 bridgehead atoms. The Balaban J connectivity index is 1.62. The molecule has 5 rings (SSSR count). The van der Waals surface area contributed by atoms with Gasteiger partial charge in [0, 0.05) is 28.1 Å². The molecule has 162 valence electrons. The molecule has 1 aliphatic heterocycles. The summed E-state index contributed by atoms with van der Waals surface area (Å²) in [6.07, 6.45) is 2.47. The van der Waals surface area contributed by atoms with E-state index in [1.54, 1.807) is 19.2 Å². The van der Waals surface area contributed by atoms with Gasteiger partial charge < -0.3 is 15.4 Å². The number of Topliss-reactive ketones (excluding diaryl/α,β-unsaturated/α-hetero) is 1. The molecule has 2 aliphatic rings. The van der Waals surface area contributed by atoms with Gasteiger partial charge in [-0.1, -0.05) is 46.3 Å². The van der Waals surface area contributed by atoms with Crippen LogP contribution in [0.5, 0.6) is 5.75 Å². The first-order valence-electron chi connectivity index (χ1n) is 10.5. The Bertz CT molecular complexity index is 1210. The molecule has 0 saturated heterocycles. The van der Waals surface area contributed by atoms with Crippen molar-refractivity contribution in [3.05, 3.63) is 99.9 Å². The summed E-state index contributed by atoms with van der Waals surface area (Å²) in [7, 11) is 1.63. The Kier molecular flexibility index (Phi) is 5.47.